The Kier molecular flexibility index (Phi) is 5.26. The molecule has 8 bridgehead atoms. The zero-order chi connectivity index (χ0) is 22.0. The van der Waals surface area contributed by atoms with E-state index in [-0.39, 0.29) is 0 Å². The molecule has 6 heterocycles. The number of fused-ring (bicyclic) bond motifs is 8. The van der Waals surface area contributed by atoms with Crippen LogP contribution in [0.5, 0.6) is 0 Å². The highest BCUT2D eigenvalue weighted by Gasteiger charge is 2.13. The maximum Gasteiger partial charge on any atom is 0.0789 e. The molecule has 0 unspecified atom stereocenters. The van der Waals surface area contributed by atoms with Gasteiger partial charge in [0.2, 0.25) is 0 Å². The lowest BCUT2D eigenvalue weighted by Gasteiger charge is -2.24. The van der Waals surface area contributed by atoms with E-state index in [9.17, 15) is 0 Å². The molecule has 33 heavy (non-hydrogen) atoms. The predicted molar refractivity (Wildman–Crippen MR) is 136 cm³/mol. The van der Waals surface area contributed by atoms with Gasteiger partial charge in [0.1, 0.15) is 0 Å². The Bertz CT molecular complexity index is 1380. The fourth-order valence-corrected chi connectivity index (χ4v) is 4.45. The first-order valence-electron chi connectivity index (χ1n) is 11.6. The SMILES string of the molecule is C1=Cc2cc3ccc(cc4cc(N5CCCCCCNN5)c(cc5nc(cc1n2)C=C5)[nH]4)[nH]3. The van der Waals surface area contributed by atoms with E-state index < -0.39 is 0 Å². The van der Waals surface area contributed by atoms with E-state index in [1.165, 1.54) is 19.3 Å². The van der Waals surface area contributed by atoms with Crippen molar-refractivity contribution in [3.05, 3.63) is 65.2 Å². The predicted octanol–water partition coefficient (Wildman–Crippen LogP) is 5.05. The lowest BCUT2D eigenvalue weighted by molar-refractivity contribution is 0.505. The van der Waals surface area contributed by atoms with Crippen LogP contribution in [0.3, 0.4) is 0 Å². The topological polar surface area (TPSA) is 84.7 Å². The summed E-state index contributed by atoms with van der Waals surface area (Å²) in [5.41, 5.74) is 15.7. The molecule has 4 N–H and O–H groups in total. The second-order valence-electron chi connectivity index (χ2n) is 8.66. The van der Waals surface area contributed by atoms with Gasteiger partial charge in [-0.15, -0.1) is 0 Å². The minimum atomic E-state index is 0.905. The molecule has 0 atom stereocenters. The van der Waals surface area contributed by atoms with Gasteiger partial charge in [-0.1, -0.05) is 12.8 Å². The number of nitrogens with zero attached hydrogens (tertiary/aromatic N) is 3. The number of H-pyrrole nitrogens is 2. The minimum Gasteiger partial charge on any atom is -0.355 e. The Labute approximate surface area is 192 Å². The Hall–Kier alpha value is -3.68. The molecule has 0 radical (unpaired) electrons. The Morgan fingerprint density at radius 3 is 2.15 bits per heavy atom. The van der Waals surface area contributed by atoms with Crippen LogP contribution in [0.4, 0.5) is 5.69 Å². The number of rotatable bonds is 1. The van der Waals surface area contributed by atoms with E-state index in [0.29, 0.717) is 0 Å². The molecule has 3 aromatic rings. The number of anilines is 1. The lowest BCUT2D eigenvalue weighted by atomic mass is 10.2. The van der Waals surface area contributed by atoms with Crippen LogP contribution in [0.15, 0.2) is 42.5 Å². The largest absolute Gasteiger partial charge is 0.355 e. The fraction of sp³-hybridized carbons (Fsp3) is 0.231. The quantitative estimate of drug-likeness (QED) is 0.295. The monoisotopic (exact) mass is 437 g/mol. The maximum absolute atomic E-state index is 4.80. The summed E-state index contributed by atoms with van der Waals surface area (Å²) in [6, 6.07) is 14.7. The number of aromatic amines is 2. The van der Waals surface area contributed by atoms with Crippen molar-refractivity contribution in [2.24, 2.45) is 0 Å². The van der Waals surface area contributed by atoms with E-state index in [4.69, 9.17) is 9.97 Å². The van der Waals surface area contributed by atoms with Gasteiger partial charge in [0, 0.05) is 29.6 Å². The summed E-state index contributed by atoms with van der Waals surface area (Å²) in [7, 11) is 0. The first-order chi connectivity index (χ1) is 16.3. The van der Waals surface area contributed by atoms with Gasteiger partial charge in [0.25, 0.3) is 0 Å². The third-order valence-corrected chi connectivity index (χ3v) is 6.09. The van der Waals surface area contributed by atoms with Gasteiger partial charge >= 0.3 is 0 Å². The zero-order valence-corrected chi connectivity index (χ0v) is 18.4. The van der Waals surface area contributed by atoms with E-state index in [2.05, 4.69) is 68.4 Å². The maximum atomic E-state index is 4.80. The molecule has 3 aliphatic rings. The second kappa shape index (κ2) is 8.69. The Balaban J connectivity index is 1.55. The Morgan fingerprint density at radius 1 is 0.636 bits per heavy atom. The average Bonchev–Trinajstić information content (AvgIpc) is 3.59. The molecule has 0 spiro atoms. The highest BCUT2D eigenvalue weighted by molar-refractivity contribution is 5.84. The number of nitrogens with one attached hydrogen (secondary N) is 4. The summed E-state index contributed by atoms with van der Waals surface area (Å²) in [5, 5.41) is 2.21. The average molecular weight is 438 g/mol. The molecule has 0 aromatic carbocycles. The molecule has 3 aliphatic heterocycles. The van der Waals surface area contributed by atoms with Crippen LogP contribution < -0.4 is 16.0 Å². The highest BCUT2D eigenvalue weighted by atomic mass is 15.7. The summed E-state index contributed by atoms with van der Waals surface area (Å²) in [6.07, 6.45) is 13.0. The van der Waals surface area contributed by atoms with Crippen molar-refractivity contribution in [3.8, 4) is 0 Å². The molecule has 0 saturated carbocycles. The van der Waals surface area contributed by atoms with Gasteiger partial charge in [-0.2, -0.15) is 5.53 Å². The summed E-state index contributed by atoms with van der Waals surface area (Å²) >= 11 is 0. The van der Waals surface area contributed by atoms with Crippen LogP contribution in [0, 0.1) is 0 Å². The first kappa shape index (κ1) is 20.0. The third kappa shape index (κ3) is 4.46. The molecule has 0 aliphatic carbocycles. The van der Waals surface area contributed by atoms with Crippen molar-refractivity contribution in [2.75, 3.05) is 18.1 Å². The Morgan fingerprint density at radius 2 is 1.33 bits per heavy atom. The summed E-state index contributed by atoms with van der Waals surface area (Å²) in [6.45, 7) is 1.90. The van der Waals surface area contributed by atoms with Crippen LogP contribution >= 0.6 is 0 Å². The molecule has 1 fully saturated rings. The molecule has 1 saturated heterocycles. The van der Waals surface area contributed by atoms with E-state index in [0.717, 1.165) is 70.0 Å². The van der Waals surface area contributed by atoms with Crippen molar-refractivity contribution in [3.63, 3.8) is 0 Å². The number of hydrogen-bond donors (Lipinski definition) is 4. The molecule has 0 amide bonds. The van der Waals surface area contributed by atoms with Gasteiger partial charge in [0.05, 0.1) is 34.0 Å². The summed E-state index contributed by atoms with van der Waals surface area (Å²) in [4.78, 5) is 16.6. The van der Waals surface area contributed by atoms with Gasteiger partial charge in [-0.3, -0.25) is 5.01 Å². The first-order valence-corrected chi connectivity index (χ1v) is 11.6. The highest BCUT2D eigenvalue weighted by Crippen LogP contribution is 2.25. The van der Waals surface area contributed by atoms with Crippen LogP contribution in [0.1, 0.15) is 48.5 Å². The van der Waals surface area contributed by atoms with Crippen LogP contribution in [0.25, 0.3) is 46.4 Å². The smallest absolute Gasteiger partial charge is 0.0789 e. The van der Waals surface area contributed by atoms with Crippen molar-refractivity contribution in [2.45, 2.75) is 25.7 Å². The lowest BCUT2D eigenvalue weighted by Crippen LogP contribution is -2.47. The van der Waals surface area contributed by atoms with Crippen molar-refractivity contribution >= 4 is 52.1 Å². The van der Waals surface area contributed by atoms with E-state index >= 15 is 0 Å². The summed E-state index contributed by atoms with van der Waals surface area (Å²) < 4.78 is 0. The number of hydrogen-bond acceptors (Lipinski definition) is 5. The van der Waals surface area contributed by atoms with Gasteiger partial charge in [-0.25, -0.2) is 15.4 Å². The molecule has 7 nitrogen and oxygen atoms in total. The van der Waals surface area contributed by atoms with Crippen LogP contribution in [-0.2, 0) is 0 Å². The van der Waals surface area contributed by atoms with E-state index in [1.807, 2.05) is 24.3 Å². The number of hydrazine groups is 2. The van der Waals surface area contributed by atoms with Crippen LogP contribution in [0.2, 0.25) is 0 Å². The van der Waals surface area contributed by atoms with Crippen molar-refractivity contribution in [1.82, 2.24) is 30.9 Å². The molecule has 6 rings (SSSR count). The molecular formula is C26H27N7. The molecule has 7 heteroatoms. The van der Waals surface area contributed by atoms with Crippen LogP contribution in [-0.4, -0.2) is 33.0 Å². The zero-order valence-electron chi connectivity index (χ0n) is 18.4. The fourth-order valence-electron chi connectivity index (χ4n) is 4.45. The molecule has 166 valence electrons. The number of aromatic nitrogens is 4. The van der Waals surface area contributed by atoms with Gasteiger partial charge < -0.3 is 9.97 Å². The second-order valence-corrected chi connectivity index (χ2v) is 8.66. The van der Waals surface area contributed by atoms with Gasteiger partial charge in [-0.05, 0) is 79.6 Å². The normalized spacial score (nSPS) is 16.4. The van der Waals surface area contributed by atoms with Crippen molar-refractivity contribution in [1.29, 1.82) is 0 Å². The molecule has 3 aromatic heterocycles. The van der Waals surface area contributed by atoms with Gasteiger partial charge in [0.15, 0.2) is 0 Å². The van der Waals surface area contributed by atoms with E-state index in [1.54, 1.807) is 0 Å². The standard InChI is InChI=1S/C26H27N7/c1-2-4-12-33(32-27-11-3-1)26-17-24-15-22-8-7-20(29-22)13-18-5-6-19(28-18)14-21-9-10-23(30-21)16-25(26)31-24/h5-10,13-17,27,29,31-32H,1-4,11-12H2. The minimum absolute atomic E-state index is 0.905. The third-order valence-electron chi connectivity index (χ3n) is 6.09. The summed E-state index contributed by atoms with van der Waals surface area (Å²) in [5.74, 6) is 0. The van der Waals surface area contributed by atoms with Crippen molar-refractivity contribution < 1.29 is 0 Å². The molecular weight excluding hydrogens is 410 g/mol.